The molecule has 0 spiro atoms. The molecule has 0 radical (unpaired) electrons. The molecule has 1 rings (SSSR count). The van der Waals surface area contributed by atoms with E-state index < -0.39 is 0 Å². The van der Waals surface area contributed by atoms with Gasteiger partial charge in [0.15, 0.2) is 0 Å². The van der Waals surface area contributed by atoms with Crippen LogP contribution in [0.1, 0.15) is 15.9 Å². The van der Waals surface area contributed by atoms with Gasteiger partial charge in [0.05, 0.1) is 0 Å². The van der Waals surface area contributed by atoms with Gasteiger partial charge < -0.3 is 0 Å². The molecule has 0 fully saturated rings. The molecule has 0 aliphatic heterocycles. The maximum atomic E-state index is 11.1. The molecule has 0 aromatic heterocycles. The summed E-state index contributed by atoms with van der Waals surface area (Å²) in [7, 11) is 1.40. The van der Waals surface area contributed by atoms with Crippen molar-refractivity contribution >= 4 is 5.97 Å². The van der Waals surface area contributed by atoms with Crippen LogP contribution in [0.25, 0.3) is 0 Å². The van der Waals surface area contributed by atoms with Crippen LogP contribution in [0, 0.1) is 0 Å². The Morgan fingerprint density at radius 1 is 1.58 bits per heavy atom. The third-order valence-electron chi connectivity index (χ3n) is 1.64. The van der Waals surface area contributed by atoms with Crippen molar-refractivity contribution in [3.05, 3.63) is 35.4 Å². The molecule has 0 heterocycles. The maximum absolute atomic E-state index is 11.1. The fourth-order valence-corrected chi connectivity index (χ4v) is 1.62. The van der Waals surface area contributed by atoms with Gasteiger partial charge in [-0.3, -0.25) is 0 Å². The standard InChI is InChI=1S/C9H9O2.Zn/c1-7-4-3-5-8(6-7)9(10)11-2;/h3-6H,1H2,2H3;. The van der Waals surface area contributed by atoms with E-state index in [1.165, 1.54) is 31.0 Å². The Labute approximate surface area is 81.6 Å². The van der Waals surface area contributed by atoms with Crippen molar-refractivity contribution < 1.29 is 27.8 Å². The fourth-order valence-electron chi connectivity index (χ4n) is 0.972. The molecule has 0 bridgehead atoms. The summed E-state index contributed by atoms with van der Waals surface area (Å²) in [6.07, 6.45) is 0. The second kappa shape index (κ2) is 4.37. The Morgan fingerprint density at radius 3 is 2.92 bits per heavy atom. The zero-order valence-electron chi connectivity index (χ0n) is 7.04. The Balaban J connectivity index is 2.93. The number of carbonyl (C=O) groups excluding carboxylic acids is 1. The number of carbonyl (C=O) groups is 1. The number of methoxy groups -OCH3 is 1. The third-order valence-corrected chi connectivity index (χ3v) is 2.85. The van der Waals surface area contributed by atoms with E-state index in [4.69, 9.17) is 0 Å². The van der Waals surface area contributed by atoms with Crippen LogP contribution < -0.4 is 0 Å². The molecule has 0 aliphatic carbocycles. The molecular formula is C9H9O2Zn. The summed E-state index contributed by atoms with van der Waals surface area (Å²) in [6.45, 7) is 0. The summed E-state index contributed by atoms with van der Waals surface area (Å²) in [6, 6.07) is 7.56. The van der Waals surface area contributed by atoms with Crippen molar-refractivity contribution in [1.29, 1.82) is 0 Å². The van der Waals surface area contributed by atoms with E-state index in [1.807, 2.05) is 18.2 Å². The summed E-state index contributed by atoms with van der Waals surface area (Å²) in [5.41, 5.74) is 1.85. The molecule has 1 aromatic rings. The number of hydrogen-bond acceptors (Lipinski definition) is 2. The van der Waals surface area contributed by atoms with Gasteiger partial charge in [0.2, 0.25) is 0 Å². The van der Waals surface area contributed by atoms with Crippen molar-refractivity contribution in [1.82, 2.24) is 0 Å². The zero-order chi connectivity index (χ0) is 8.97. The Bertz CT molecular complexity index is 284. The van der Waals surface area contributed by atoms with Gasteiger partial charge in [-0.25, -0.2) is 0 Å². The first kappa shape index (κ1) is 9.40. The molecule has 12 heavy (non-hydrogen) atoms. The van der Waals surface area contributed by atoms with Crippen molar-refractivity contribution in [2.75, 3.05) is 7.11 Å². The molecule has 1 aromatic carbocycles. The van der Waals surface area contributed by atoms with Crippen molar-refractivity contribution in [3.8, 4) is 0 Å². The van der Waals surface area contributed by atoms with Crippen LogP contribution in [0.3, 0.4) is 0 Å². The molecule has 2 nitrogen and oxygen atoms in total. The molecule has 0 amide bonds. The van der Waals surface area contributed by atoms with E-state index in [0.717, 1.165) is 5.02 Å². The molecule has 59 valence electrons. The van der Waals surface area contributed by atoms with E-state index in [2.05, 4.69) is 4.74 Å². The van der Waals surface area contributed by atoms with E-state index in [9.17, 15) is 4.79 Å². The second-order valence-corrected chi connectivity index (χ2v) is 3.49. The molecule has 0 saturated carbocycles. The van der Waals surface area contributed by atoms with Crippen LogP contribution in [-0.4, -0.2) is 13.1 Å². The van der Waals surface area contributed by atoms with E-state index in [1.54, 1.807) is 6.07 Å². The number of ether oxygens (including phenoxy) is 1. The second-order valence-electron chi connectivity index (χ2n) is 2.44. The van der Waals surface area contributed by atoms with Crippen LogP contribution in [0.5, 0.6) is 0 Å². The van der Waals surface area contributed by atoms with Gasteiger partial charge in [0.25, 0.3) is 0 Å². The average molecular weight is 215 g/mol. The first-order chi connectivity index (χ1) is 5.77. The fraction of sp³-hybridized carbons (Fsp3) is 0.222. The summed E-state index contributed by atoms with van der Waals surface area (Å²) in [5, 5.41) is 1.06. The zero-order valence-corrected chi connectivity index (χ0v) is 10.0. The minimum absolute atomic E-state index is 0.259. The van der Waals surface area contributed by atoms with Gasteiger partial charge in [-0.2, -0.15) is 0 Å². The van der Waals surface area contributed by atoms with Gasteiger partial charge in [-0.15, -0.1) is 0 Å². The van der Waals surface area contributed by atoms with Gasteiger partial charge in [0.1, 0.15) is 0 Å². The molecule has 0 atom stereocenters. The van der Waals surface area contributed by atoms with Gasteiger partial charge in [-0.05, 0) is 0 Å². The minimum atomic E-state index is -0.259. The average Bonchev–Trinajstić information content (AvgIpc) is 2.17. The Morgan fingerprint density at radius 2 is 2.33 bits per heavy atom. The van der Waals surface area contributed by atoms with Gasteiger partial charge in [-0.1, -0.05) is 0 Å². The number of benzene rings is 1. The summed E-state index contributed by atoms with van der Waals surface area (Å²) < 4.78 is 4.61. The molecule has 0 N–H and O–H groups in total. The predicted molar refractivity (Wildman–Crippen MR) is 41.5 cm³/mol. The molecule has 0 aliphatic rings. The SMILES string of the molecule is COC(=O)c1cccc([CH2][Zn])c1. The molecule has 0 saturated heterocycles. The van der Waals surface area contributed by atoms with Crippen molar-refractivity contribution in [2.24, 2.45) is 0 Å². The summed E-state index contributed by atoms with van der Waals surface area (Å²) in [4.78, 5) is 11.1. The predicted octanol–water partition coefficient (Wildman–Crippen LogP) is 1.52. The van der Waals surface area contributed by atoms with Gasteiger partial charge >= 0.3 is 81.3 Å². The van der Waals surface area contributed by atoms with E-state index in [0.29, 0.717) is 5.56 Å². The van der Waals surface area contributed by atoms with E-state index >= 15 is 0 Å². The van der Waals surface area contributed by atoms with E-state index in [-0.39, 0.29) is 5.97 Å². The Kier molecular flexibility index (Phi) is 3.42. The molecule has 3 heteroatoms. The quantitative estimate of drug-likeness (QED) is 0.551. The summed E-state index contributed by atoms with van der Waals surface area (Å²) >= 11 is 1.21. The van der Waals surface area contributed by atoms with Crippen molar-refractivity contribution in [2.45, 2.75) is 5.02 Å². The van der Waals surface area contributed by atoms with Gasteiger partial charge in [0, 0.05) is 0 Å². The normalized spacial score (nSPS) is 9.58. The molecule has 0 unspecified atom stereocenters. The van der Waals surface area contributed by atoms with Crippen molar-refractivity contribution in [3.63, 3.8) is 0 Å². The van der Waals surface area contributed by atoms with Crippen LogP contribution in [0.4, 0.5) is 0 Å². The first-order valence-corrected chi connectivity index (χ1v) is 5.84. The Hall–Kier alpha value is -0.687. The number of rotatable bonds is 2. The molecular weight excluding hydrogens is 205 g/mol. The topological polar surface area (TPSA) is 26.3 Å². The first-order valence-electron chi connectivity index (χ1n) is 3.74. The summed E-state index contributed by atoms with van der Waals surface area (Å²) in [5.74, 6) is -0.259. The van der Waals surface area contributed by atoms with Crippen LogP contribution in [-0.2, 0) is 28.1 Å². The number of hydrogen-bond donors (Lipinski definition) is 0. The van der Waals surface area contributed by atoms with Crippen LogP contribution in [0.2, 0.25) is 0 Å². The van der Waals surface area contributed by atoms with Crippen LogP contribution in [0.15, 0.2) is 24.3 Å². The number of esters is 1. The van der Waals surface area contributed by atoms with Crippen LogP contribution >= 0.6 is 0 Å². The monoisotopic (exact) mass is 213 g/mol. The third kappa shape index (κ3) is 2.15.